The first-order valence-electron chi connectivity index (χ1n) is 4.91. The van der Waals surface area contributed by atoms with Gasteiger partial charge in [-0.05, 0) is 36.5 Å². The Morgan fingerprint density at radius 2 is 2.00 bits per heavy atom. The van der Waals surface area contributed by atoms with E-state index >= 15 is 0 Å². The Hall–Kier alpha value is -0.980. The summed E-state index contributed by atoms with van der Waals surface area (Å²) in [6.45, 7) is 4.38. The molecule has 13 heavy (non-hydrogen) atoms. The van der Waals surface area contributed by atoms with Gasteiger partial charge in [-0.15, -0.1) is 0 Å². The molecule has 0 fully saturated rings. The molecule has 0 heterocycles. The molecule has 0 aromatic carbocycles. The molecule has 2 rings (SSSR count). The highest BCUT2D eigenvalue weighted by Crippen LogP contribution is 2.42. The molecule has 2 aliphatic carbocycles. The van der Waals surface area contributed by atoms with E-state index in [2.05, 4.69) is 26.0 Å². The highest BCUT2D eigenvalue weighted by molar-refractivity contribution is 5.57. The van der Waals surface area contributed by atoms with Gasteiger partial charge in [0.25, 0.3) is 0 Å². The largest absolute Gasteiger partial charge is 0.500 e. The molecule has 1 heteroatoms. The Morgan fingerprint density at radius 3 is 2.62 bits per heavy atom. The quantitative estimate of drug-likeness (QED) is 0.596. The van der Waals surface area contributed by atoms with Crippen LogP contribution in [0.4, 0.5) is 0 Å². The molecule has 0 aromatic heterocycles. The summed E-state index contributed by atoms with van der Waals surface area (Å²) in [6.07, 6.45) is 7.07. The van der Waals surface area contributed by atoms with Gasteiger partial charge in [-0.25, -0.2) is 0 Å². The van der Waals surface area contributed by atoms with Gasteiger partial charge in [0.1, 0.15) is 5.76 Å². The van der Waals surface area contributed by atoms with E-state index in [0.717, 1.165) is 5.76 Å². The van der Waals surface area contributed by atoms with Gasteiger partial charge in [-0.2, -0.15) is 0 Å². The van der Waals surface area contributed by atoms with Crippen molar-refractivity contribution >= 4 is 0 Å². The molecule has 0 saturated carbocycles. The van der Waals surface area contributed by atoms with Gasteiger partial charge in [0.05, 0.1) is 7.11 Å². The van der Waals surface area contributed by atoms with Crippen molar-refractivity contribution in [3.63, 3.8) is 0 Å². The van der Waals surface area contributed by atoms with E-state index in [1.165, 1.54) is 29.6 Å². The summed E-state index contributed by atoms with van der Waals surface area (Å²) in [6, 6.07) is 0. The maximum Gasteiger partial charge on any atom is 0.106 e. The molecule has 0 radical (unpaired) electrons. The van der Waals surface area contributed by atoms with Crippen LogP contribution in [0.1, 0.15) is 26.7 Å². The van der Waals surface area contributed by atoms with Crippen LogP contribution in [0, 0.1) is 5.92 Å². The van der Waals surface area contributed by atoms with E-state index in [1.54, 1.807) is 7.11 Å². The van der Waals surface area contributed by atoms with Crippen molar-refractivity contribution in [2.75, 3.05) is 7.11 Å². The highest BCUT2D eigenvalue weighted by Gasteiger charge is 2.30. The Balaban J connectivity index is 2.46. The molecule has 1 nitrogen and oxygen atoms in total. The fraction of sp³-hybridized carbons (Fsp3) is 0.500. The van der Waals surface area contributed by atoms with Crippen molar-refractivity contribution in [2.24, 2.45) is 5.92 Å². The van der Waals surface area contributed by atoms with Crippen LogP contribution in [0.25, 0.3) is 0 Å². The van der Waals surface area contributed by atoms with Gasteiger partial charge in [0.15, 0.2) is 0 Å². The predicted molar refractivity (Wildman–Crippen MR) is 54.3 cm³/mol. The minimum atomic E-state index is 0.469. The summed E-state index contributed by atoms with van der Waals surface area (Å²) >= 11 is 0. The number of allylic oxidation sites excluding steroid dienone is 5. The monoisotopic (exact) mass is 176 g/mol. The Labute approximate surface area is 79.8 Å². The molecule has 0 aromatic rings. The molecule has 0 spiro atoms. The maximum absolute atomic E-state index is 5.43. The van der Waals surface area contributed by atoms with Crippen LogP contribution in [0.2, 0.25) is 0 Å². The van der Waals surface area contributed by atoms with Gasteiger partial charge in [-0.3, -0.25) is 0 Å². The molecular formula is C12H16O. The molecule has 0 aliphatic heterocycles. The zero-order valence-electron chi connectivity index (χ0n) is 8.55. The van der Waals surface area contributed by atoms with E-state index in [4.69, 9.17) is 4.74 Å². The minimum Gasteiger partial charge on any atom is -0.500 e. The topological polar surface area (TPSA) is 9.23 Å². The third-order valence-electron chi connectivity index (χ3n) is 3.04. The number of ether oxygens (including phenoxy) is 1. The van der Waals surface area contributed by atoms with Crippen LogP contribution in [0.3, 0.4) is 0 Å². The van der Waals surface area contributed by atoms with Crippen molar-refractivity contribution in [1.82, 2.24) is 0 Å². The first kappa shape index (κ1) is 8.61. The summed E-state index contributed by atoms with van der Waals surface area (Å²) < 4.78 is 5.43. The summed E-state index contributed by atoms with van der Waals surface area (Å²) in [5.74, 6) is 1.62. The maximum atomic E-state index is 5.43. The molecular weight excluding hydrogens is 160 g/mol. The Morgan fingerprint density at radius 1 is 1.31 bits per heavy atom. The van der Waals surface area contributed by atoms with E-state index in [-0.39, 0.29) is 0 Å². The lowest BCUT2D eigenvalue weighted by molar-refractivity contribution is 0.261. The van der Waals surface area contributed by atoms with Gasteiger partial charge in [0, 0.05) is 5.92 Å². The van der Waals surface area contributed by atoms with Gasteiger partial charge >= 0.3 is 0 Å². The normalized spacial score (nSPS) is 26.8. The Kier molecular flexibility index (Phi) is 2.03. The van der Waals surface area contributed by atoms with E-state index in [1.807, 2.05) is 0 Å². The third-order valence-corrected chi connectivity index (χ3v) is 3.04. The van der Waals surface area contributed by atoms with Crippen molar-refractivity contribution in [1.29, 1.82) is 0 Å². The second kappa shape index (κ2) is 3.06. The summed E-state index contributed by atoms with van der Waals surface area (Å²) in [5, 5.41) is 0. The number of fused-ring (bicyclic) bond motifs is 1. The third kappa shape index (κ3) is 1.14. The lowest BCUT2D eigenvalue weighted by Gasteiger charge is -2.12. The second-order valence-corrected chi connectivity index (χ2v) is 3.77. The summed E-state index contributed by atoms with van der Waals surface area (Å²) in [7, 11) is 1.77. The molecule has 2 aliphatic rings. The lowest BCUT2D eigenvalue weighted by Crippen LogP contribution is -2.00. The molecule has 1 atom stereocenters. The fourth-order valence-electron chi connectivity index (χ4n) is 2.40. The number of methoxy groups -OCH3 is 1. The zero-order chi connectivity index (χ0) is 9.42. The highest BCUT2D eigenvalue weighted by atomic mass is 16.5. The zero-order valence-corrected chi connectivity index (χ0v) is 8.55. The second-order valence-electron chi connectivity index (χ2n) is 3.77. The Bertz CT molecular complexity index is 318. The average Bonchev–Trinajstić information content (AvgIpc) is 2.41. The summed E-state index contributed by atoms with van der Waals surface area (Å²) in [4.78, 5) is 0. The van der Waals surface area contributed by atoms with E-state index < -0.39 is 0 Å². The number of rotatable bonds is 1. The molecule has 0 saturated heterocycles. The smallest absolute Gasteiger partial charge is 0.106 e. The molecule has 0 amide bonds. The first-order chi connectivity index (χ1) is 6.25. The minimum absolute atomic E-state index is 0.469. The van der Waals surface area contributed by atoms with Crippen molar-refractivity contribution < 1.29 is 4.74 Å². The standard InChI is InChI=1S/C12H16O/c1-8-10-6-4-5-7-11(10)9(2)12(8)13-3/h6-8H,4-5H2,1-3H3. The number of hydrogen-bond acceptors (Lipinski definition) is 1. The van der Waals surface area contributed by atoms with Gasteiger partial charge in [-0.1, -0.05) is 19.1 Å². The molecule has 1 unspecified atom stereocenters. The first-order valence-corrected chi connectivity index (χ1v) is 4.91. The average molecular weight is 176 g/mol. The summed E-state index contributed by atoms with van der Waals surface area (Å²) in [5.41, 5.74) is 4.23. The SMILES string of the molecule is COC1=C(C)C2=CCCC=C2C1C. The van der Waals surface area contributed by atoms with Crippen LogP contribution in [-0.2, 0) is 4.74 Å². The van der Waals surface area contributed by atoms with Gasteiger partial charge in [0.2, 0.25) is 0 Å². The molecule has 70 valence electrons. The fourth-order valence-corrected chi connectivity index (χ4v) is 2.40. The van der Waals surface area contributed by atoms with E-state index in [0.29, 0.717) is 5.92 Å². The van der Waals surface area contributed by atoms with Crippen LogP contribution < -0.4 is 0 Å². The van der Waals surface area contributed by atoms with Crippen LogP contribution in [0.5, 0.6) is 0 Å². The lowest BCUT2D eigenvalue weighted by atomic mass is 9.93. The van der Waals surface area contributed by atoms with Crippen molar-refractivity contribution in [3.8, 4) is 0 Å². The van der Waals surface area contributed by atoms with Crippen LogP contribution >= 0.6 is 0 Å². The van der Waals surface area contributed by atoms with Crippen LogP contribution in [-0.4, -0.2) is 7.11 Å². The molecule has 0 bridgehead atoms. The van der Waals surface area contributed by atoms with Crippen molar-refractivity contribution in [3.05, 3.63) is 34.6 Å². The van der Waals surface area contributed by atoms with Gasteiger partial charge < -0.3 is 4.74 Å². The van der Waals surface area contributed by atoms with E-state index in [9.17, 15) is 0 Å². The number of hydrogen-bond donors (Lipinski definition) is 0. The van der Waals surface area contributed by atoms with Crippen LogP contribution in [0.15, 0.2) is 34.6 Å². The van der Waals surface area contributed by atoms with Crippen molar-refractivity contribution in [2.45, 2.75) is 26.7 Å². The molecule has 0 N–H and O–H groups in total. The predicted octanol–water partition coefficient (Wildman–Crippen LogP) is 3.20.